The zero-order valence-electron chi connectivity index (χ0n) is 15.4. The zero-order valence-corrected chi connectivity index (χ0v) is 16.1. The van der Waals surface area contributed by atoms with Crippen LogP contribution in [0, 0.1) is 0 Å². The maximum absolute atomic E-state index is 12.4. The maximum Gasteiger partial charge on any atom is 0.338 e. The van der Waals surface area contributed by atoms with Gasteiger partial charge in [0.15, 0.2) is 18.1 Å². The van der Waals surface area contributed by atoms with Gasteiger partial charge in [-0.05, 0) is 24.3 Å². The highest BCUT2D eigenvalue weighted by Gasteiger charge is 2.19. The Morgan fingerprint density at radius 2 is 1.75 bits per heavy atom. The third-order valence-corrected chi connectivity index (χ3v) is 4.14. The summed E-state index contributed by atoms with van der Waals surface area (Å²) in [4.78, 5) is 16.6. The lowest BCUT2D eigenvalue weighted by molar-refractivity contribution is 0.0429. The number of nitrogens with zero attached hydrogens (tertiary/aromatic N) is 2. The summed E-state index contributed by atoms with van der Waals surface area (Å²) >= 11 is 6.12. The number of aromatic nitrogens is 2. The second kappa shape index (κ2) is 8.62. The first kappa shape index (κ1) is 19.5. The van der Waals surface area contributed by atoms with E-state index >= 15 is 0 Å². The van der Waals surface area contributed by atoms with Crippen molar-refractivity contribution in [1.29, 1.82) is 0 Å². The molecular formula is C19H17ClN2O6. The number of halogens is 1. The van der Waals surface area contributed by atoms with Gasteiger partial charge in [-0.2, -0.15) is 4.98 Å². The molecule has 9 heteroatoms. The van der Waals surface area contributed by atoms with Crippen molar-refractivity contribution in [2.45, 2.75) is 6.61 Å². The molecule has 0 saturated carbocycles. The Kier molecular flexibility index (Phi) is 6.00. The average molecular weight is 405 g/mol. The molecule has 8 nitrogen and oxygen atoms in total. The van der Waals surface area contributed by atoms with Crippen LogP contribution in [0.15, 0.2) is 40.9 Å². The van der Waals surface area contributed by atoms with Crippen LogP contribution in [0.5, 0.6) is 17.2 Å². The number of ether oxygens (including phenoxy) is 4. The molecule has 0 aliphatic carbocycles. The maximum atomic E-state index is 12.4. The lowest BCUT2D eigenvalue weighted by Gasteiger charge is -2.13. The second-order valence-electron chi connectivity index (χ2n) is 5.48. The van der Waals surface area contributed by atoms with Gasteiger partial charge in [0.1, 0.15) is 0 Å². The van der Waals surface area contributed by atoms with E-state index in [-0.39, 0.29) is 18.1 Å². The van der Waals surface area contributed by atoms with Gasteiger partial charge >= 0.3 is 5.97 Å². The largest absolute Gasteiger partial charge is 0.493 e. The molecule has 0 unspecified atom stereocenters. The predicted molar refractivity (Wildman–Crippen MR) is 100.0 cm³/mol. The Morgan fingerprint density at radius 1 is 1.07 bits per heavy atom. The number of methoxy groups -OCH3 is 3. The lowest BCUT2D eigenvalue weighted by Crippen LogP contribution is -2.07. The summed E-state index contributed by atoms with van der Waals surface area (Å²) in [5.41, 5.74) is 0.843. The first-order valence-electron chi connectivity index (χ1n) is 8.12. The van der Waals surface area contributed by atoms with E-state index in [0.717, 1.165) is 0 Å². The third kappa shape index (κ3) is 4.01. The zero-order chi connectivity index (χ0) is 20.1. The molecule has 0 atom stereocenters. The first-order valence-corrected chi connectivity index (χ1v) is 8.49. The number of carbonyl (C=O) groups excluding carboxylic acids is 1. The van der Waals surface area contributed by atoms with Gasteiger partial charge in [-0.15, -0.1) is 0 Å². The molecule has 3 rings (SSSR count). The average Bonchev–Trinajstić information content (AvgIpc) is 3.19. The van der Waals surface area contributed by atoms with E-state index in [0.29, 0.717) is 33.7 Å². The molecular weight excluding hydrogens is 388 g/mol. The molecule has 0 radical (unpaired) electrons. The van der Waals surface area contributed by atoms with Crippen LogP contribution in [0.2, 0.25) is 5.02 Å². The summed E-state index contributed by atoms with van der Waals surface area (Å²) in [6.07, 6.45) is 0. The van der Waals surface area contributed by atoms with Crippen molar-refractivity contribution in [3.8, 4) is 28.6 Å². The minimum absolute atomic E-state index is 0.135. The SMILES string of the molecule is COc1cc(C(=O)OCc2nc(-c3ccccc3Cl)no2)cc(OC)c1OC. The molecule has 0 bridgehead atoms. The Balaban J connectivity index is 1.74. The van der Waals surface area contributed by atoms with Gasteiger partial charge in [0.05, 0.1) is 31.9 Å². The summed E-state index contributed by atoms with van der Waals surface area (Å²) in [6, 6.07) is 10.1. The van der Waals surface area contributed by atoms with Crippen LogP contribution in [0.3, 0.4) is 0 Å². The minimum Gasteiger partial charge on any atom is -0.493 e. The van der Waals surface area contributed by atoms with Gasteiger partial charge in [0.2, 0.25) is 11.6 Å². The molecule has 0 saturated heterocycles. The summed E-state index contributed by atoms with van der Waals surface area (Å²) in [7, 11) is 4.40. The van der Waals surface area contributed by atoms with Crippen molar-refractivity contribution in [1.82, 2.24) is 10.1 Å². The molecule has 2 aromatic carbocycles. The van der Waals surface area contributed by atoms with Crippen molar-refractivity contribution in [3.05, 3.63) is 52.9 Å². The number of hydrogen-bond acceptors (Lipinski definition) is 8. The van der Waals surface area contributed by atoms with Gasteiger partial charge in [-0.25, -0.2) is 4.79 Å². The fourth-order valence-corrected chi connectivity index (χ4v) is 2.70. The highest BCUT2D eigenvalue weighted by molar-refractivity contribution is 6.33. The van der Waals surface area contributed by atoms with Crippen LogP contribution in [0.1, 0.15) is 16.2 Å². The van der Waals surface area contributed by atoms with Crippen LogP contribution >= 0.6 is 11.6 Å². The van der Waals surface area contributed by atoms with Gasteiger partial charge in [-0.3, -0.25) is 0 Å². The van der Waals surface area contributed by atoms with Crippen molar-refractivity contribution in [2.75, 3.05) is 21.3 Å². The van der Waals surface area contributed by atoms with Crippen LogP contribution in [0.25, 0.3) is 11.4 Å². The smallest absolute Gasteiger partial charge is 0.338 e. The molecule has 3 aromatic rings. The summed E-state index contributed by atoms with van der Waals surface area (Å²) in [5.74, 6) is 0.889. The van der Waals surface area contributed by atoms with Crippen molar-refractivity contribution >= 4 is 17.6 Å². The molecule has 1 aromatic heterocycles. The number of benzene rings is 2. The Bertz CT molecular complexity index is 963. The topological polar surface area (TPSA) is 92.9 Å². The van der Waals surface area contributed by atoms with E-state index in [1.807, 2.05) is 6.07 Å². The fraction of sp³-hybridized carbons (Fsp3) is 0.211. The Hall–Kier alpha value is -3.26. The third-order valence-electron chi connectivity index (χ3n) is 3.81. The molecule has 0 amide bonds. The summed E-state index contributed by atoms with van der Waals surface area (Å²) in [6.45, 7) is -0.201. The molecule has 1 heterocycles. The van der Waals surface area contributed by atoms with Crippen LogP contribution < -0.4 is 14.2 Å². The van der Waals surface area contributed by atoms with Gasteiger partial charge in [-0.1, -0.05) is 28.9 Å². The van der Waals surface area contributed by atoms with E-state index < -0.39 is 5.97 Å². The van der Waals surface area contributed by atoms with Crippen molar-refractivity contribution in [3.63, 3.8) is 0 Å². The number of rotatable bonds is 7. The van der Waals surface area contributed by atoms with Gasteiger partial charge < -0.3 is 23.5 Å². The quantitative estimate of drug-likeness (QED) is 0.549. The van der Waals surface area contributed by atoms with E-state index in [2.05, 4.69) is 10.1 Å². The van der Waals surface area contributed by atoms with E-state index in [4.69, 9.17) is 35.1 Å². The molecule has 0 aliphatic heterocycles. The normalized spacial score (nSPS) is 10.4. The van der Waals surface area contributed by atoms with Crippen LogP contribution in [-0.4, -0.2) is 37.4 Å². The van der Waals surface area contributed by atoms with Gasteiger partial charge in [0, 0.05) is 5.56 Å². The van der Waals surface area contributed by atoms with Crippen molar-refractivity contribution < 1.29 is 28.3 Å². The summed E-state index contributed by atoms with van der Waals surface area (Å²) in [5, 5.41) is 4.35. The monoisotopic (exact) mass is 404 g/mol. The Morgan fingerprint density at radius 3 is 2.36 bits per heavy atom. The van der Waals surface area contributed by atoms with Crippen molar-refractivity contribution in [2.24, 2.45) is 0 Å². The number of esters is 1. The molecule has 28 heavy (non-hydrogen) atoms. The highest BCUT2D eigenvalue weighted by atomic mass is 35.5. The lowest BCUT2D eigenvalue weighted by atomic mass is 10.2. The predicted octanol–water partition coefficient (Wildman–Crippen LogP) is 3.77. The second-order valence-corrected chi connectivity index (χ2v) is 5.89. The van der Waals surface area contributed by atoms with Crippen LogP contribution in [-0.2, 0) is 11.3 Å². The highest BCUT2D eigenvalue weighted by Crippen LogP contribution is 2.38. The molecule has 0 aliphatic rings. The minimum atomic E-state index is -0.614. The molecule has 0 spiro atoms. The van der Waals surface area contributed by atoms with E-state index in [1.54, 1.807) is 18.2 Å². The summed E-state index contributed by atoms with van der Waals surface area (Å²) < 4.78 is 26.1. The standard InChI is InChI=1S/C19H17ClN2O6/c1-24-14-8-11(9-15(25-2)17(14)26-3)19(23)27-10-16-21-18(22-28-16)12-6-4-5-7-13(12)20/h4-9H,10H2,1-3H3. The molecule has 146 valence electrons. The fourth-order valence-electron chi connectivity index (χ4n) is 2.47. The molecule has 0 fully saturated rings. The van der Waals surface area contributed by atoms with Crippen LogP contribution in [0.4, 0.5) is 0 Å². The number of carbonyl (C=O) groups is 1. The Labute approximate surface area is 165 Å². The molecule has 0 N–H and O–H groups in total. The van der Waals surface area contributed by atoms with E-state index in [9.17, 15) is 4.79 Å². The van der Waals surface area contributed by atoms with Gasteiger partial charge in [0.25, 0.3) is 5.89 Å². The first-order chi connectivity index (χ1) is 13.6. The van der Waals surface area contributed by atoms with E-state index in [1.165, 1.54) is 33.5 Å². The number of hydrogen-bond donors (Lipinski definition) is 0.